The summed E-state index contributed by atoms with van der Waals surface area (Å²) in [4.78, 5) is 16.6. The minimum atomic E-state index is -1.00. The van der Waals surface area contributed by atoms with Crippen LogP contribution in [0.2, 0.25) is 0 Å². The first-order valence-corrected chi connectivity index (χ1v) is 6.60. The molecular formula is C13H15N3O2S. The molecule has 0 aliphatic heterocycles. The van der Waals surface area contributed by atoms with Crippen molar-refractivity contribution in [1.82, 2.24) is 4.98 Å². The monoisotopic (exact) mass is 277 g/mol. The number of thiazole rings is 1. The molecule has 2 aromatic rings. The molecule has 0 saturated heterocycles. The van der Waals surface area contributed by atoms with Crippen LogP contribution >= 0.6 is 11.3 Å². The van der Waals surface area contributed by atoms with Crippen LogP contribution in [0.25, 0.3) is 0 Å². The number of carboxylic acids is 1. The third-order valence-corrected chi connectivity index (χ3v) is 3.75. The van der Waals surface area contributed by atoms with Gasteiger partial charge in [-0.2, -0.15) is 0 Å². The lowest BCUT2D eigenvalue weighted by Gasteiger charge is -2.15. The van der Waals surface area contributed by atoms with Crippen molar-refractivity contribution in [1.29, 1.82) is 0 Å². The summed E-state index contributed by atoms with van der Waals surface area (Å²) in [5.41, 5.74) is 6.75. The first-order valence-electron chi connectivity index (χ1n) is 5.79. The molecule has 2 rings (SSSR count). The largest absolute Gasteiger partial charge is 0.478 e. The maximum atomic E-state index is 11.2. The molecule has 4 N–H and O–H groups in total. The van der Waals surface area contributed by atoms with Crippen LogP contribution < -0.4 is 11.1 Å². The molecule has 1 aromatic carbocycles. The summed E-state index contributed by atoms with van der Waals surface area (Å²) in [5, 5.41) is 13.3. The average molecular weight is 277 g/mol. The number of nitrogens with zero attached hydrogens (tertiary/aromatic N) is 1. The van der Waals surface area contributed by atoms with E-state index in [9.17, 15) is 4.79 Å². The number of aromatic nitrogens is 1. The molecule has 0 spiro atoms. The molecule has 100 valence electrons. The second kappa shape index (κ2) is 5.27. The van der Waals surface area contributed by atoms with Crippen molar-refractivity contribution in [2.45, 2.75) is 19.9 Å². The number of aryl methyl sites for hydroxylation is 1. The van der Waals surface area contributed by atoms with Gasteiger partial charge in [0.15, 0.2) is 0 Å². The fourth-order valence-corrected chi connectivity index (χ4v) is 2.51. The molecule has 19 heavy (non-hydrogen) atoms. The van der Waals surface area contributed by atoms with Gasteiger partial charge >= 0.3 is 5.97 Å². The van der Waals surface area contributed by atoms with Crippen LogP contribution in [0.4, 0.5) is 11.4 Å². The Morgan fingerprint density at radius 3 is 2.84 bits per heavy atom. The topological polar surface area (TPSA) is 88.2 Å². The van der Waals surface area contributed by atoms with Gasteiger partial charge in [0.05, 0.1) is 11.6 Å². The predicted octanol–water partition coefficient (Wildman–Crippen LogP) is 2.91. The lowest BCUT2D eigenvalue weighted by Crippen LogP contribution is -2.10. The first kappa shape index (κ1) is 13.4. The summed E-state index contributed by atoms with van der Waals surface area (Å²) >= 11 is 1.59. The predicted molar refractivity (Wildman–Crippen MR) is 76.7 cm³/mol. The molecule has 1 atom stereocenters. The van der Waals surface area contributed by atoms with Gasteiger partial charge in [-0.05, 0) is 32.0 Å². The van der Waals surface area contributed by atoms with E-state index in [1.165, 1.54) is 6.07 Å². The number of nitrogen functional groups attached to an aromatic ring is 1. The van der Waals surface area contributed by atoms with Gasteiger partial charge in [-0.3, -0.25) is 0 Å². The van der Waals surface area contributed by atoms with Gasteiger partial charge in [0, 0.05) is 22.4 Å². The van der Waals surface area contributed by atoms with Crippen LogP contribution in [0.1, 0.15) is 33.2 Å². The van der Waals surface area contributed by atoms with Crippen LogP contribution in [0.5, 0.6) is 0 Å². The van der Waals surface area contributed by atoms with Crippen molar-refractivity contribution >= 4 is 28.7 Å². The van der Waals surface area contributed by atoms with Gasteiger partial charge in [0.2, 0.25) is 0 Å². The Bertz CT molecular complexity index is 610. The number of hydrogen-bond donors (Lipinski definition) is 3. The minimum absolute atomic E-state index is 0.0552. The second-order valence-electron chi connectivity index (χ2n) is 4.29. The number of hydrogen-bond acceptors (Lipinski definition) is 5. The fraction of sp³-hybridized carbons (Fsp3) is 0.231. The fourth-order valence-electron chi connectivity index (χ4n) is 1.73. The van der Waals surface area contributed by atoms with E-state index in [0.29, 0.717) is 11.4 Å². The summed E-state index contributed by atoms with van der Waals surface area (Å²) in [6, 6.07) is 4.75. The molecular weight excluding hydrogens is 262 g/mol. The summed E-state index contributed by atoms with van der Waals surface area (Å²) in [7, 11) is 0. The van der Waals surface area contributed by atoms with E-state index in [-0.39, 0.29) is 11.6 Å². The molecule has 0 aliphatic carbocycles. The SMILES string of the molecule is Cc1cnc(C(C)Nc2ccc(N)cc2C(=O)O)s1. The van der Waals surface area contributed by atoms with Crippen molar-refractivity contribution in [3.8, 4) is 0 Å². The van der Waals surface area contributed by atoms with Crippen molar-refractivity contribution < 1.29 is 9.90 Å². The smallest absolute Gasteiger partial charge is 0.337 e. The van der Waals surface area contributed by atoms with Gasteiger partial charge in [0.25, 0.3) is 0 Å². The van der Waals surface area contributed by atoms with E-state index in [2.05, 4.69) is 10.3 Å². The third-order valence-electron chi connectivity index (χ3n) is 2.66. The normalized spacial score (nSPS) is 12.1. The maximum Gasteiger partial charge on any atom is 0.337 e. The number of anilines is 2. The van der Waals surface area contributed by atoms with Crippen molar-refractivity contribution in [2.75, 3.05) is 11.1 Å². The molecule has 0 saturated carbocycles. The molecule has 0 bridgehead atoms. The lowest BCUT2D eigenvalue weighted by atomic mass is 10.1. The molecule has 0 radical (unpaired) electrons. The summed E-state index contributed by atoms with van der Waals surface area (Å²) in [5.74, 6) is -1.00. The van der Waals surface area contributed by atoms with Crippen LogP contribution in [0.15, 0.2) is 24.4 Å². The molecule has 0 fully saturated rings. The van der Waals surface area contributed by atoms with E-state index in [0.717, 1.165) is 9.88 Å². The molecule has 0 aliphatic rings. The van der Waals surface area contributed by atoms with Gasteiger partial charge in [-0.1, -0.05) is 0 Å². The van der Waals surface area contributed by atoms with Crippen molar-refractivity contribution in [3.63, 3.8) is 0 Å². The minimum Gasteiger partial charge on any atom is -0.478 e. The highest BCUT2D eigenvalue weighted by Crippen LogP contribution is 2.26. The number of aromatic carboxylic acids is 1. The molecule has 5 nitrogen and oxygen atoms in total. The lowest BCUT2D eigenvalue weighted by molar-refractivity contribution is 0.0698. The van der Waals surface area contributed by atoms with Crippen LogP contribution in [-0.2, 0) is 0 Å². The highest BCUT2D eigenvalue weighted by atomic mass is 32.1. The Kier molecular flexibility index (Phi) is 3.71. The van der Waals surface area contributed by atoms with Crippen LogP contribution in [-0.4, -0.2) is 16.1 Å². The standard InChI is InChI=1S/C13H15N3O2S/c1-7-6-15-12(19-7)8(2)16-11-4-3-9(14)5-10(11)13(17)18/h3-6,8,16H,14H2,1-2H3,(H,17,18). The van der Waals surface area contributed by atoms with Crippen LogP contribution in [0.3, 0.4) is 0 Å². The number of carboxylic acid groups (broad SMARTS) is 1. The molecule has 1 aromatic heterocycles. The quantitative estimate of drug-likeness (QED) is 0.748. The Morgan fingerprint density at radius 2 is 2.26 bits per heavy atom. The van der Waals surface area contributed by atoms with Gasteiger partial charge in [-0.15, -0.1) is 11.3 Å². The summed E-state index contributed by atoms with van der Waals surface area (Å²) in [6.45, 7) is 3.93. The highest BCUT2D eigenvalue weighted by Gasteiger charge is 2.15. The van der Waals surface area contributed by atoms with E-state index in [1.807, 2.05) is 13.8 Å². The van der Waals surface area contributed by atoms with E-state index in [4.69, 9.17) is 10.8 Å². The Hall–Kier alpha value is -2.08. The molecule has 6 heteroatoms. The number of nitrogens with one attached hydrogen (secondary N) is 1. The zero-order valence-corrected chi connectivity index (χ0v) is 11.5. The van der Waals surface area contributed by atoms with Crippen molar-refractivity contribution in [3.05, 3.63) is 39.8 Å². The van der Waals surface area contributed by atoms with Crippen molar-refractivity contribution in [2.24, 2.45) is 0 Å². The summed E-state index contributed by atoms with van der Waals surface area (Å²) in [6.07, 6.45) is 1.80. The Balaban J connectivity index is 2.26. The Labute approximate surface area is 115 Å². The number of benzene rings is 1. The molecule has 0 amide bonds. The maximum absolute atomic E-state index is 11.2. The number of nitrogens with two attached hydrogens (primary N) is 1. The zero-order chi connectivity index (χ0) is 14.0. The van der Waals surface area contributed by atoms with Crippen LogP contribution in [0, 0.1) is 6.92 Å². The zero-order valence-electron chi connectivity index (χ0n) is 10.7. The average Bonchev–Trinajstić information content (AvgIpc) is 2.78. The Morgan fingerprint density at radius 1 is 1.53 bits per heavy atom. The van der Waals surface area contributed by atoms with E-state index >= 15 is 0 Å². The van der Waals surface area contributed by atoms with E-state index < -0.39 is 5.97 Å². The number of rotatable bonds is 4. The number of carbonyl (C=O) groups is 1. The summed E-state index contributed by atoms with van der Waals surface area (Å²) < 4.78 is 0. The molecule has 1 unspecified atom stereocenters. The first-order chi connectivity index (χ1) is 8.97. The van der Waals surface area contributed by atoms with Gasteiger partial charge < -0.3 is 16.2 Å². The third kappa shape index (κ3) is 3.03. The van der Waals surface area contributed by atoms with E-state index in [1.54, 1.807) is 29.7 Å². The van der Waals surface area contributed by atoms with Gasteiger partial charge in [0.1, 0.15) is 5.01 Å². The van der Waals surface area contributed by atoms with Gasteiger partial charge in [-0.25, -0.2) is 9.78 Å². The highest BCUT2D eigenvalue weighted by molar-refractivity contribution is 7.11. The molecule has 1 heterocycles. The second-order valence-corrected chi connectivity index (χ2v) is 5.55.